The lowest BCUT2D eigenvalue weighted by atomic mass is 9.93. The van der Waals surface area contributed by atoms with Crippen LogP contribution in [0.1, 0.15) is 18.9 Å². The van der Waals surface area contributed by atoms with Crippen molar-refractivity contribution in [3.63, 3.8) is 0 Å². The highest BCUT2D eigenvalue weighted by atomic mass is 16.5. The summed E-state index contributed by atoms with van der Waals surface area (Å²) in [5, 5.41) is 10.8. The van der Waals surface area contributed by atoms with Gasteiger partial charge in [-0.3, -0.25) is 4.79 Å². The number of H-pyrrole nitrogens is 1. The van der Waals surface area contributed by atoms with Crippen LogP contribution in [0.15, 0.2) is 42.5 Å². The second-order valence-electron chi connectivity index (χ2n) is 7.03. The average Bonchev–Trinajstić information content (AvgIpc) is 3.10. The molecule has 28 heavy (non-hydrogen) atoms. The molecule has 6 heteroatoms. The summed E-state index contributed by atoms with van der Waals surface area (Å²) >= 11 is 0. The zero-order valence-corrected chi connectivity index (χ0v) is 16.1. The standard InChI is InChI=1S/C22H24N2O4/c1-3-10-28-19-9-8-15(12-20(19)27-2)24-13-14(22(25)26)11-17-16-6-4-5-7-18(16)23-21(17)24/h4-9,12,14,23H,3,10-11,13H2,1-2H3,(H,25,26). The van der Waals surface area contributed by atoms with Crippen LogP contribution < -0.4 is 14.4 Å². The molecule has 1 aromatic heterocycles. The van der Waals surface area contributed by atoms with Crippen LogP contribution in [0.2, 0.25) is 0 Å². The number of ether oxygens (including phenoxy) is 2. The summed E-state index contributed by atoms with van der Waals surface area (Å²) in [7, 11) is 1.61. The van der Waals surface area contributed by atoms with Gasteiger partial charge in [-0.05, 0) is 31.0 Å². The van der Waals surface area contributed by atoms with E-state index in [9.17, 15) is 9.90 Å². The summed E-state index contributed by atoms with van der Waals surface area (Å²) < 4.78 is 11.3. The molecule has 1 aliphatic rings. The van der Waals surface area contributed by atoms with Crippen LogP contribution in [0.5, 0.6) is 11.5 Å². The van der Waals surface area contributed by atoms with E-state index in [1.165, 1.54) is 0 Å². The summed E-state index contributed by atoms with van der Waals surface area (Å²) in [6.45, 7) is 3.07. The van der Waals surface area contributed by atoms with E-state index < -0.39 is 11.9 Å². The average molecular weight is 380 g/mol. The molecule has 2 heterocycles. The Balaban J connectivity index is 1.79. The largest absolute Gasteiger partial charge is 0.493 e. The molecule has 1 unspecified atom stereocenters. The predicted molar refractivity (Wildman–Crippen MR) is 109 cm³/mol. The third-order valence-corrected chi connectivity index (χ3v) is 5.18. The second kappa shape index (κ2) is 7.46. The van der Waals surface area contributed by atoms with Crippen LogP contribution in [0.4, 0.5) is 11.5 Å². The normalized spacial score (nSPS) is 16.1. The molecule has 0 aliphatic carbocycles. The smallest absolute Gasteiger partial charge is 0.308 e. The van der Waals surface area contributed by atoms with Crippen LogP contribution in [0.3, 0.4) is 0 Å². The van der Waals surface area contributed by atoms with Gasteiger partial charge in [-0.25, -0.2) is 0 Å². The molecule has 0 saturated carbocycles. The topological polar surface area (TPSA) is 74.8 Å². The van der Waals surface area contributed by atoms with Crippen LogP contribution >= 0.6 is 0 Å². The summed E-state index contributed by atoms with van der Waals surface area (Å²) in [4.78, 5) is 17.3. The molecule has 0 radical (unpaired) electrons. The number of aromatic amines is 1. The van der Waals surface area contributed by atoms with Gasteiger partial charge in [0.05, 0.1) is 19.6 Å². The number of para-hydroxylation sites is 1. The molecule has 0 fully saturated rings. The molecule has 1 atom stereocenters. The summed E-state index contributed by atoms with van der Waals surface area (Å²) in [5.74, 6) is 1.02. The van der Waals surface area contributed by atoms with E-state index >= 15 is 0 Å². The van der Waals surface area contributed by atoms with Crippen molar-refractivity contribution in [3.05, 3.63) is 48.0 Å². The molecular weight excluding hydrogens is 356 g/mol. The van der Waals surface area contributed by atoms with E-state index in [0.29, 0.717) is 31.1 Å². The summed E-state index contributed by atoms with van der Waals surface area (Å²) in [5.41, 5.74) is 2.93. The van der Waals surface area contributed by atoms with Gasteiger partial charge in [-0.15, -0.1) is 0 Å². The van der Waals surface area contributed by atoms with Crippen molar-refractivity contribution in [3.8, 4) is 11.5 Å². The van der Waals surface area contributed by atoms with Gasteiger partial charge < -0.3 is 24.5 Å². The SMILES string of the molecule is CCCOc1ccc(N2CC(C(=O)O)Cc3c2[nH]c2ccccc32)cc1OC. The van der Waals surface area contributed by atoms with Gasteiger partial charge in [0, 0.05) is 34.8 Å². The van der Waals surface area contributed by atoms with Crippen molar-refractivity contribution in [2.24, 2.45) is 5.92 Å². The Kier molecular flexibility index (Phi) is 4.86. The fraction of sp³-hybridized carbons (Fsp3) is 0.318. The lowest BCUT2D eigenvalue weighted by molar-refractivity contribution is -0.141. The zero-order valence-electron chi connectivity index (χ0n) is 16.1. The third kappa shape index (κ3) is 3.15. The number of aliphatic carboxylic acids is 1. The first-order valence-electron chi connectivity index (χ1n) is 9.53. The van der Waals surface area contributed by atoms with Gasteiger partial charge in [-0.2, -0.15) is 0 Å². The molecule has 0 saturated heterocycles. The first kappa shape index (κ1) is 18.2. The van der Waals surface area contributed by atoms with Gasteiger partial charge in [0.15, 0.2) is 11.5 Å². The number of benzene rings is 2. The van der Waals surface area contributed by atoms with Gasteiger partial charge in [-0.1, -0.05) is 25.1 Å². The van der Waals surface area contributed by atoms with Gasteiger partial charge in [0.2, 0.25) is 0 Å². The fourth-order valence-electron chi connectivity index (χ4n) is 3.80. The Bertz CT molecular complexity index is 1010. The van der Waals surface area contributed by atoms with E-state index in [1.807, 2.05) is 47.4 Å². The number of carboxylic acid groups (broad SMARTS) is 1. The lowest BCUT2D eigenvalue weighted by Gasteiger charge is -2.32. The minimum absolute atomic E-state index is 0.396. The Morgan fingerprint density at radius 1 is 1.25 bits per heavy atom. The fourth-order valence-corrected chi connectivity index (χ4v) is 3.80. The molecule has 2 aromatic carbocycles. The highest BCUT2D eigenvalue weighted by Gasteiger charge is 2.33. The van der Waals surface area contributed by atoms with Crippen LogP contribution in [0, 0.1) is 5.92 Å². The van der Waals surface area contributed by atoms with Gasteiger partial charge in [0.1, 0.15) is 5.82 Å². The number of nitrogens with zero attached hydrogens (tertiary/aromatic N) is 1. The first-order chi connectivity index (χ1) is 13.6. The van der Waals surface area contributed by atoms with E-state index in [2.05, 4.69) is 11.9 Å². The summed E-state index contributed by atoms with van der Waals surface area (Å²) in [6.07, 6.45) is 1.43. The number of anilines is 2. The van der Waals surface area contributed by atoms with Crippen molar-refractivity contribution in [1.29, 1.82) is 0 Å². The minimum atomic E-state index is -0.782. The molecule has 0 spiro atoms. The molecule has 0 bridgehead atoms. The predicted octanol–water partition coefficient (Wildman–Crippen LogP) is 4.36. The highest BCUT2D eigenvalue weighted by molar-refractivity contribution is 5.92. The molecule has 1 aliphatic heterocycles. The van der Waals surface area contributed by atoms with Crippen molar-refractivity contribution < 1.29 is 19.4 Å². The Hall–Kier alpha value is -3.15. The molecule has 2 N–H and O–H groups in total. The molecule has 6 nitrogen and oxygen atoms in total. The maximum absolute atomic E-state index is 11.8. The van der Waals surface area contributed by atoms with Gasteiger partial charge in [0.25, 0.3) is 0 Å². The van der Waals surface area contributed by atoms with E-state index in [4.69, 9.17) is 9.47 Å². The second-order valence-corrected chi connectivity index (χ2v) is 7.03. The van der Waals surface area contributed by atoms with Crippen LogP contribution in [-0.4, -0.2) is 36.3 Å². The van der Waals surface area contributed by atoms with E-state index in [1.54, 1.807) is 7.11 Å². The number of rotatable bonds is 6. The van der Waals surface area contributed by atoms with Crippen molar-refractivity contribution in [1.82, 2.24) is 4.98 Å². The van der Waals surface area contributed by atoms with Crippen molar-refractivity contribution in [2.45, 2.75) is 19.8 Å². The maximum Gasteiger partial charge on any atom is 0.308 e. The molecule has 4 rings (SSSR count). The number of methoxy groups -OCH3 is 1. The number of hydrogen-bond acceptors (Lipinski definition) is 4. The first-order valence-corrected chi connectivity index (χ1v) is 9.53. The van der Waals surface area contributed by atoms with Gasteiger partial charge >= 0.3 is 5.97 Å². The Morgan fingerprint density at radius 3 is 2.82 bits per heavy atom. The Morgan fingerprint density at radius 2 is 2.07 bits per heavy atom. The summed E-state index contributed by atoms with van der Waals surface area (Å²) in [6, 6.07) is 13.8. The highest BCUT2D eigenvalue weighted by Crippen LogP contribution is 2.41. The lowest BCUT2D eigenvalue weighted by Crippen LogP contribution is -2.36. The van der Waals surface area contributed by atoms with Crippen LogP contribution in [-0.2, 0) is 11.2 Å². The van der Waals surface area contributed by atoms with E-state index in [-0.39, 0.29) is 0 Å². The van der Waals surface area contributed by atoms with Crippen LogP contribution in [0.25, 0.3) is 10.9 Å². The minimum Gasteiger partial charge on any atom is -0.493 e. The number of carboxylic acids is 1. The molecule has 146 valence electrons. The Labute approximate surface area is 163 Å². The van der Waals surface area contributed by atoms with E-state index in [0.717, 1.165) is 34.4 Å². The number of nitrogens with one attached hydrogen (secondary N) is 1. The van der Waals surface area contributed by atoms with Crippen molar-refractivity contribution in [2.75, 3.05) is 25.2 Å². The van der Waals surface area contributed by atoms with Crippen molar-refractivity contribution >= 4 is 28.4 Å². The number of fused-ring (bicyclic) bond motifs is 3. The number of aromatic nitrogens is 1. The quantitative estimate of drug-likeness (QED) is 0.665. The number of hydrogen-bond donors (Lipinski definition) is 2. The zero-order chi connectivity index (χ0) is 19.7. The number of carbonyl (C=O) groups is 1. The molecular formula is C22H24N2O4. The monoisotopic (exact) mass is 380 g/mol. The third-order valence-electron chi connectivity index (χ3n) is 5.18. The molecule has 0 amide bonds. The molecule has 3 aromatic rings. The maximum atomic E-state index is 11.8.